The molecule has 5 nitrogen and oxygen atoms in total. The first-order chi connectivity index (χ1) is 12.7. The number of nitrogens with one attached hydrogen (secondary N) is 1. The van der Waals surface area contributed by atoms with Crippen LogP contribution in [0.4, 0.5) is 5.82 Å². The summed E-state index contributed by atoms with van der Waals surface area (Å²) in [4.78, 5) is 13.1. The summed E-state index contributed by atoms with van der Waals surface area (Å²) in [5.41, 5.74) is 3.16. The highest BCUT2D eigenvalue weighted by atomic mass is 16.3. The standard InChI is InChI=1S/C21H18N4O/c1-14-5-2-8-18(24-14)25-19(16-7-3-11-22-13-16)17-10-9-15-6-4-12-23-20(15)21(17)26/h2-13,19,26H,1H3,(H,24,25)/t19-/m1/s1. The van der Waals surface area contributed by atoms with Crippen molar-refractivity contribution in [2.24, 2.45) is 0 Å². The van der Waals surface area contributed by atoms with E-state index in [4.69, 9.17) is 0 Å². The van der Waals surface area contributed by atoms with E-state index in [1.165, 1.54) is 0 Å². The average molecular weight is 342 g/mol. The molecule has 128 valence electrons. The van der Waals surface area contributed by atoms with Gasteiger partial charge in [0.1, 0.15) is 17.1 Å². The monoisotopic (exact) mass is 342 g/mol. The van der Waals surface area contributed by atoms with Gasteiger partial charge < -0.3 is 10.4 Å². The Labute approximate surface area is 151 Å². The SMILES string of the molecule is Cc1cccc(N[C@H](c2cccnc2)c2ccc3cccnc3c2O)n1. The van der Waals surface area contributed by atoms with Gasteiger partial charge in [-0.1, -0.05) is 30.3 Å². The van der Waals surface area contributed by atoms with E-state index >= 15 is 0 Å². The van der Waals surface area contributed by atoms with Gasteiger partial charge >= 0.3 is 0 Å². The van der Waals surface area contributed by atoms with Crippen molar-refractivity contribution in [3.05, 3.63) is 90.0 Å². The highest BCUT2D eigenvalue weighted by Crippen LogP contribution is 2.35. The smallest absolute Gasteiger partial charge is 0.147 e. The lowest BCUT2D eigenvalue weighted by Crippen LogP contribution is -2.14. The molecule has 2 N–H and O–H groups in total. The summed E-state index contributed by atoms with van der Waals surface area (Å²) >= 11 is 0. The van der Waals surface area contributed by atoms with Crippen molar-refractivity contribution in [1.82, 2.24) is 15.0 Å². The Morgan fingerprint density at radius 1 is 0.962 bits per heavy atom. The molecule has 0 saturated carbocycles. The van der Waals surface area contributed by atoms with Gasteiger partial charge in [-0.15, -0.1) is 0 Å². The number of phenols is 1. The number of rotatable bonds is 4. The summed E-state index contributed by atoms with van der Waals surface area (Å²) in [5, 5.41) is 15.2. The molecule has 3 heterocycles. The number of aromatic nitrogens is 3. The number of fused-ring (bicyclic) bond motifs is 1. The number of phenolic OH excluding ortho intramolecular Hbond substituents is 1. The second kappa shape index (κ2) is 6.80. The normalized spacial score (nSPS) is 12.0. The lowest BCUT2D eigenvalue weighted by atomic mass is 9.97. The highest BCUT2D eigenvalue weighted by molar-refractivity contribution is 5.85. The second-order valence-electron chi connectivity index (χ2n) is 6.11. The van der Waals surface area contributed by atoms with Crippen LogP contribution in [0.15, 0.2) is 73.2 Å². The zero-order chi connectivity index (χ0) is 17.9. The molecule has 0 radical (unpaired) electrons. The van der Waals surface area contributed by atoms with E-state index in [2.05, 4.69) is 20.3 Å². The number of aryl methyl sites for hydroxylation is 1. The summed E-state index contributed by atoms with van der Waals surface area (Å²) in [6.45, 7) is 1.95. The number of aromatic hydroxyl groups is 1. The van der Waals surface area contributed by atoms with E-state index in [9.17, 15) is 5.11 Å². The zero-order valence-electron chi connectivity index (χ0n) is 14.3. The molecular weight excluding hydrogens is 324 g/mol. The van der Waals surface area contributed by atoms with Crippen LogP contribution < -0.4 is 5.32 Å². The van der Waals surface area contributed by atoms with E-state index in [1.54, 1.807) is 18.6 Å². The number of benzene rings is 1. The van der Waals surface area contributed by atoms with Crippen molar-refractivity contribution in [3.63, 3.8) is 0 Å². The van der Waals surface area contributed by atoms with E-state index in [0.717, 1.165) is 28.0 Å². The number of anilines is 1. The molecule has 26 heavy (non-hydrogen) atoms. The second-order valence-corrected chi connectivity index (χ2v) is 6.11. The van der Waals surface area contributed by atoms with Crippen LogP contribution >= 0.6 is 0 Å². The maximum Gasteiger partial charge on any atom is 0.147 e. The molecule has 0 amide bonds. The first-order valence-electron chi connectivity index (χ1n) is 8.39. The summed E-state index contributed by atoms with van der Waals surface area (Å²) in [7, 11) is 0. The van der Waals surface area contributed by atoms with Gasteiger partial charge in [0.2, 0.25) is 0 Å². The Morgan fingerprint density at radius 2 is 1.85 bits per heavy atom. The molecule has 0 aliphatic heterocycles. The fraction of sp³-hybridized carbons (Fsp3) is 0.0952. The Hall–Kier alpha value is -3.47. The molecule has 1 aromatic carbocycles. The zero-order valence-corrected chi connectivity index (χ0v) is 14.3. The molecule has 0 fully saturated rings. The van der Waals surface area contributed by atoms with Gasteiger partial charge in [0.05, 0.1) is 6.04 Å². The van der Waals surface area contributed by atoms with Crippen LogP contribution in [0.5, 0.6) is 5.75 Å². The van der Waals surface area contributed by atoms with E-state index in [0.29, 0.717) is 5.52 Å². The topological polar surface area (TPSA) is 70.9 Å². The quantitative estimate of drug-likeness (QED) is 0.580. The Balaban J connectivity index is 1.84. The van der Waals surface area contributed by atoms with Gasteiger partial charge in [0.25, 0.3) is 0 Å². The molecule has 0 unspecified atom stereocenters. The van der Waals surface area contributed by atoms with E-state index < -0.39 is 0 Å². The molecule has 0 aliphatic carbocycles. The molecule has 5 heteroatoms. The number of hydrogen-bond donors (Lipinski definition) is 2. The van der Waals surface area contributed by atoms with Crippen molar-refractivity contribution < 1.29 is 5.11 Å². The fourth-order valence-corrected chi connectivity index (χ4v) is 3.04. The van der Waals surface area contributed by atoms with E-state index in [-0.39, 0.29) is 11.8 Å². The first-order valence-corrected chi connectivity index (χ1v) is 8.39. The van der Waals surface area contributed by atoms with Gasteiger partial charge in [0.15, 0.2) is 0 Å². The van der Waals surface area contributed by atoms with Crippen LogP contribution in [0.3, 0.4) is 0 Å². The van der Waals surface area contributed by atoms with Crippen LogP contribution in [0.1, 0.15) is 22.9 Å². The van der Waals surface area contributed by atoms with Crippen LogP contribution in [-0.4, -0.2) is 20.1 Å². The highest BCUT2D eigenvalue weighted by Gasteiger charge is 2.20. The molecular formula is C21H18N4O. The third-order valence-corrected chi connectivity index (χ3v) is 4.29. The van der Waals surface area contributed by atoms with Crippen LogP contribution in [0.2, 0.25) is 0 Å². The largest absolute Gasteiger partial charge is 0.505 e. The van der Waals surface area contributed by atoms with Crippen molar-refractivity contribution >= 4 is 16.7 Å². The Bertz CT molecular complexity index is 1050. The predicted molar refractivity (Wildman–Crippen MR) is 102 cm³/mol. The molecule has 0 spiro atoms. The third-order valence-electron chi connectivity index (χ3n) is 4.29. The maximum atomic E-state index is 10.9. The number of nitrogens with zero attached hydrogens (tertiary/aromatic N) is 3. The fourth-order valence-electron chi connectivity index (χ4n) is 3.04. The summed E-state index contributed by atoms with van der Waals surface area (Å²) in [6.07, 6.45) is 5.20. The van der Waals surface area contributed by atoms with Crippen molar-refractivity contribution in [2.45, 2.75) is 13.0 Å². The van der Waals surface area contributed by atoms with Gasteiger partial charge in [-0.3, -0.25) is 9.97 Å². The Kier molecular flexibility index (Phi) is 4.19. The minimum atomic E-state index is -0.301. The minimum Gasteiger partial charge on any atom is -0.505 e. The van der Waals surface area contributed by atoms with Crippen molar-refractivity contribution in [1.29, 1.82) is 0 Å². The summed E-state index contributed by atoms with van der Waals surface area (Å²) in [5.74, 6) is 0.900. The predicted octanol–water partition coefficient (Wildman–Crippen LogP) is 4.24. The molecule has 0 bridgehead atoms. The first kappa shape index (κ1) is 16.0. The lowest BCUT2D eigenvalue weighted by molar-refractivity contribution is 0.471. The van der Waals surface area contributed by atoms with Crippen LogP contribution in [0.25, 0.3) is 10.9 Å². The molecule has 4 rings (SSSR count). The van der Waals surface area contributed by atoms with Gasteiger partial charge in [0, 0.05) is 35.2 Å². The lowest BCUT2D eigenvalue weighted by Gasteiger charge is -2.21. The molecule has 0 saturated heterocycles. The van der Waals surface area contributed by atoms with Crippen LogP contribution in [-0.2, 0) is 0 Å². The maximum absolute atomic E-state index is 10.9. The number of hydrogen-bond acceptors (Lipinski definition) is 5. The Morgan fingerprint density at radius 3 is 2.65 bits per heavy atom. The molecule has 1 atom stereocenters. The average Bonchev–Trinajstić information content (AvgIpc) is 2.68. The van der Waals surface area contributed by atoms with Crippen molar-refractivity contribution in [2.75, 3.05) is 5.32 Å². The minimum absolute atomic E-state index is 0.164. The molecule has 4 aromatic rings. The molecule has 0 aliphatic rings. The summed E-state index contributed by atoms with van der Waals surface area (Å²) in [6, 6.07) is 17.0. The molecule has 3 aromatic heterocycles. The van der Waals surface area contributed by atoms with Crippen LogP contribution in [0, 0.1) is 6.92 Å². The van der Waals surface area contributed by atoms with Gasteiger partial charge in [-0.05, 0) is 36.8 Å². The van der Waals surface area contributed by atoms with Gasteiger partial charge in [-0.2, -0.15) is 0 Å². The number of pyridine rings is 3. The van der Waals surface area contributed by atoms with E-state index in [1.807, 2.05) is 61.5 Å². The third kappa shape index (κ3) is 3.07. The van der Waals surface area contributed by atoms with Gasteiger partial charge in [-0.25, -0.2) is 4.98 Å². The summed E-state index contributed by atoms with van der Waals surface area (Å²) < 4.78 is 0. The van der Waals surface area contributed by atoms with Crippen molar-refractivity contribution in [3.8, 4) is 5.75 Å².